The first kappa shape index (κ1) is 16.6. The molecule has 1 amide bonds. The second-order valence-electron chi connectivity index (χ2n) is 7.82. The lowest BCUT2D eigenvalue weighted by molar-refractivity contribution is -0.140. The highest BCUT2D eigenvalue weighted by molar-refractivity contribution is 5.88. The van der Waals surface area contributed by atoms with Gasteiger partial charge in [0.15, 0.2) is 5.69 Å². The van der Waals surface area contributed by atoms with Gasteiger partial charge in [-0.15, -0.1) is 0 Å². The van der Waals surface area contributed by atoms with E-state index < -0.39 is 5.97 Å². The maximum atomic E-state index is 13.2. The number of nitrogens with two attached hydrogens (primary N) is 1. The Morgan fingerprint density at radius 1 is 1.40 bits per heavy atom. The van der Waals surface area contributed by atoms with Crippen molar-refractivity contribution in [3.05, 3.63) is 18.0 Å². The van der Waals surface area contributed by atoms with Crippen molar-refractivity contribution in [2.75, 3.05) is 26.7 Å². The molecule has 136 valence electrons. The molecule has 0 aromatic carbocycles. The Morgan fingerprint density at radius 2 is 2.20 bits per heavy atom. The summed E-state index contributed by atoms with van der Waals surface area (Å²) in [7, 11) is 1.35. The number of carbonyl (C=O) groups is 2. The first-order valence-corrected chi connectivity index (χ1v) is 9.18. The van der Waals surface area contributed by atoms with Crippen LogP contribution >= 0.6 is 0 Å². The van der Waals surface area contributed by atoms with Crippen molar-refractivity contribution in [3.8, 4) is 0 Å². The van der Waals surface area contributed by atoms with Gasteiger partial charge in [-0.2, -0.15) is 5.10 Å². The van der Waals surface area contributed by atoms with Crippen molar-refractivity contribution in [2.45, 2.75) is 44.6 Å². The molecule has 0 bridgehead atoms. The van der Waals surface area contributed by atoms with Gasteiger partial charge in [-0.3, -0.25) is 9.48 Å². The summed E-state index contributed by atoms with van der Waals surface area (Å²) in [6, 6.07) is 1.76. The van der Waals surface area contributed by atoms with Crippen LogP contribution in [-0.4, -0.2) is 53.3 Å². The molecule has 4 rings (SSSR count). The SMILES string of the molecule is COC(=O)c1ccn(C2CCCN(C(=O)C3(CN)CC34CCC4)C2)n1. The summed E-state index contributed by atoms with van der Waals surface area (Å²) in [4.78, 5) is 26.8. The van der Waals surface area contributed by atoms with E-state index in [1.54, 1.807) is 16.9 Å². The topological polar surface area (TPSA) is 90.5 Å². The molecule has 2 heterocycles. The van der Waals surface area contributed by atoms with E-state index in [1.165, 1.54) is 13.5 Å². The molecule has 1 aromatic rings. The number of hydrogen-bond donors (Lipinski definition) is 1. The third-order valence-electron chi connectivity index (χ3n) is 6.66. The van der Waals surface area contributed by atoms with E-state index in [0.29, 0.717) is 18.8 Å². The zero-order valence-electron chi connectivity index (χ0n) is 14.7. The minimum Gasteiger partial charge on any atom is -0.464 e. The molecule has 2 aliphatic carbocycles. The number of hydrogen-bond acceptors (Lipinski definition) is 5. The van der Waals surface area contributed by atoms with Crippen LogP contribution in [0.2, 0.25) is 0 Å². The Bertz CT molecular complexity index is 696. The normalized spacial score (nSPS) is 30.0. The number of amides is 1. The Kier molecular flexibility index (Phi) is 3.86. The minimum atomic E-state index is -0.436. The number of methoxy groups -OCH3 is 1. The molecule has 1 aromatic heterocycles. The van der Waals surface area contributed by atoms with Crippen LogP contribution in [0.5, 0.6) is 0 Å². The van der Waals surface area contributed by atoms with E-state index in [4.69, 9.17) is 10.5 Å². The number of piperidine rings is 1. The summed E-state index contributed by atoms with van der Waals surface area (Å²) >= 11 is 0. The monoisotopic (exact) mass is 346 g/mol. The fourth-order valence-corrected chi connectivity index (χ4v) is 4.88. The molecule has 1 saturated heterocycles. The molecule has 2 atom stereocenters. The molecular weight excluding hydrogens is 320 g/mol. The van der Waals surface area contributed by atoms with Crippen LogP contribution in [0.4, 0.5) is 0 Å². The quantitative estimate of drug-likeness (QED) is 0.831. The third-order valence-corrected chi connectivity index (χ3v) is 6.66. The van der Waals surface area contributed by atoms with Gasteiger partial charge in [0, 0.05) is 25.8 Å². The van der Waals surface area contributed by atoms with Crippen molar-refractivity contribution in [1.82, 2.24) is 14.7 Å². The van der Waals surface area contributed by atoms with E-state index >= 15 is 0 Å². The largest absolute Gasteiger partial charge is 0.464 e. The Labute approximate surface area is 147 Å². The van der Waals surface area contributed by atoms with Gasteiger partial charge < -0.3 is 15.4 Å². The van der Waals surface area contributed by atoms with Crippen LogP contribution in [0, 0.1) is 10.8 Å². The molecule has 2 saturated carbocycles. The van der Waals surface area contributed by atoms with E-state index in [0.717, 1.165) is 38.6 Å². The zero-order valence-corrected chi connectivity index (χ0v) is 14.7. The lowest BCUT2D eigenvalue weighted by Gasteiger charge is -2.38. The number of esters is 1. The lowest BCUT2D eigenvalue weighted by atomic mass is 9.74. The fourth-order valence-electron chi connectivity index (χ4n) is 4.88. The average molecular weight is 346 g/mol. The molecule has 3 aliphatic rings. The Hall–Kier alpha value is -1.89. The first-order chi connectivity index (χ1) is 12.0. The summed E-state index contributed by atoms with van der Waals surface area (Å²) < 4.78 is 6.51. The zero-order chi connectivity index (χ0) is 17.7. The van der Waals surface area contributed by atoms with Crippen molar-refractivity contribution in [1.29, 1.82) is 0 Å². The predicted octanol–water partition coefficient (Wildman–Crippen LogP) is 1.35. The second kappa shape index (κ2) is 5.83. The van der Waals surface area contributed by atoms with Crippen LogP contribution in [0.25, 0.3) is 0 Å². The number of aromatic nitrogens is 2. The van der Waals surface area contributed by atoms with Gasteiger partial charge in [0.05, 0.1) is 18.6 Å². The average Bonchev–Trinajstić information content (AvgIpc) is 3.11. The fraction of sp³-hybridized carbons (Fsp3) is 0.722. The van der Waals surface area contributed by atoms with Crippen LogP contribution in [-0.2, 0) is 9.53 Å². The Balaban J connectivity index is 1.47. The van der Waals surface area contributed by atoms with Gasteiger partial charge >= 0.3 is 5.97 Å². The molecule has 7 heteroatoms. The molecule has 2 N–H and O–H groups in total. The standard InChI is InChI=1S/C18H26N4O3/c1-25-15(23)14-5-9-22(20-14)13-4-2-8-21(10-13)16(24)18(12-19)11-17(18)6-3-7-17/h5,9,13H,2-4,6-8,10-12,19H2,1H3. The third kappa shape index (κ3) is 2.39. The maximum absolute atomic E-state index is 13.2. The summed E-state index contributed by atoms with van der Waals surface area (Å²) in [5, 5.41) is 4.33. The number of carbonyl (C=O) groups excluding carboxylic acids is 2. The highest BCUT2D eigenvalue weighted by Crippen LogP contribution is 2.74. The van der Waals surface area contributed by atoms with Gasteiger partial charge in [0.2, 0.25) is 5.91 Å². The van der Waals surface area contributed by atoms with E-state index in [-0.39, 0.29) is 22.8 Å². The van der Waals surface area contributed by atoms with Crippen molar-refractivity contribution in [2.24, 2.45) is 16.6 Å². The highest BCUT2D eigenvalue weighted by Gasteiger charge is 2.73. The minimum absolute atomic E-state index is 0.0991. The Morgan fingerprint density at radius 3 is 2.80 bits per heavy atom. The molecule has 2 unspecified atom stereocenters. The van der Waals surface area contributed by atoms with Crippen LogP contribution in [0.15, 0.2) is 12.3 Å². The van der Waals surface area contributed by atoms with Crippen molar-refractivity contribution in [3.63, 3.8) is 0 Å². The van der Waals surface area contributed by atoms with Crippen LogP contribution < -0.4 is 5.73 Å². The number of rotatable bonds is 4. The van der Waals surface area contributed by atoms with Gasteiger partial charge in [-0.25, -0.2) is 4.79 Å². The maximum Gasteiger partial charge on any atom is 0.358 e. The van der Waals surface area contributed by atoms with E-state index in [1.807, 2.05) is 4.90 Å². The summed E-state index contributed by atoms with van der Waals surface area (Å²) in [5.41, 5.74) is 6.24. The molecule has 0 radical (unpaired) electrons. The molecular formula is C18H26N4O3. The van der Waals surface area contributed by atoms with Crippen molar-refractivity contribution >= 4 is 11.9 Å². The predicted molar refractivity (Wildman–Crippen MR) is 90.8 cm³/mol. The van der Waals surface area contributed by atoms with Gasteiger partial charge in [-0.05, 0) is 43.6 Å². The highest BCUT2D eigenvalue weighted by atomic mass is 16.5. The van der Waals surface area contributed by atoms with Gasteiger partial charge in [0.1, 0.15) is 0 Å². The summed E-state index contributed by atoms with van der Waals surface area (Å²) in [6.45, 7) is 1.89. The molecule has 1 spiro atoms. The number of likely N-dealkylation sites (tertiary alicyclic amines) is 1. The summed E-state index contributed by atoms with van der Waals surface area (Å²) in [5.74, 6) is -0.200. The molecule has 7 nitrogen and oxygen atoms in total. The van der Waals surface area contributed by atoms with Crippen LogP contribution in [0.1, 0.15) is 55.1 Å². The molecule has 3 fully saturated rings. The smallest absolute Gasteiger partial charge is 0.358 e. The van der Waals surface area contributed by atoms with Crippen LogP contribution in [0.3, 0.4) is 0 Å². The van der Waals surface area contributed by atoms with Crippen molar-refractivity contribution < 1.29 is 14.3 Å². The molecule has 25 heavy (non-hydrogen) atoms. The number of nitrogens with zero attached hydrogens (tertiary/aromatic N) is 3. The second-order valence-corrected chi connectivity index (χ2v) is 7.82. The lowest BCUT2D eigenvalue weighted by Crippen LogP contribution is -2.48. The summed E-state index contributed by atoms with van der Waals surface area (Å²) in [6.07, 6.45) is 8.17. The molecule has 1 aliphatic heterocycles. The number of ether oxygens (including phenoxy) is 1. The van der Waals surface area contributed by atoms with E-state index in [2.05, 4.69) is 5.10 Å². The van der Waals surface area contributed by atoms with Gasteiger partial charge in [0.25, 0.3) is 0 Å². The van der Waals surface area contributed by atoms with E-state index in [9.17, 15) is 9.59 Å². The first-order valence-electron chi connectivity index (χ1n) is 9.18. The van der Waals surface area contributed by atoms with Gasteiger partial charge in [-0.1, -0.05) is 6.42 Å².